The maximum Gasteiger partial charge on any atom is 0.420 e. The fourth-order valence-electron chi connectivity index (χ4n) is 3.05. The molecule has 0 spiro atoms. The molecule has 6 nitrogen and oxygen atoms in total. The molecule has 1 N–H and O–H groups in total. The molecular formula is C16H17ClF3N5O. The van der Waals surface area contributed by atoms with Gasteiger partial charge in [0.05, 0.1) is 16.6 Å². The molecule has 1 aliphatic heterocycles. The van der Waals surface area contributed by atoms with Crippen molar-refractivity contribution < 1.29 is 18.0 Å². The number of nitrogens with zero attached hydrogens (tertiary/aromatic N) is 4. The molecule has 140 valence electrons. The molecule has 2 aromatic heterocycles. The molecular weight excluding hydrogens is 371 g/mol. The van der Waals surface area contributed by atoms with E-state index in [0.29, 0.717) is 19.5 Å². The third kappa shape index (κ3) is 3.77. The fraction of sp³-hybridized carbons (Fsp3) is 0.438. The van der Waals surface area contributed by atoms with Crippen LogP contribution >= 0.6 is 11.6 Å². The highest BCUT2D eigenvalue weighted by Crippen LogP contribution is 2.38. The van der Waals surface area contributed by atoms with E-state index in [4.69, 9.17) is 11.6 Å². The molecule has 1 unspecified atom stereocenters. The summed E-state index contributed by atoms with van der Waals surface area (Å²) < 4.78 is 41.7. The number of hydrogen-bond acceptors (Lipinski definition) is 4. The van der Waals surface area contributed by atoms with E-state index >= 15 is 0 Å². The van der Waals surface area contributed by atoms with Crippen LogP contribution in [0.15, 0.2) is 24.5 Å². The number of alkyl halides is 3. The topological polar surface area (TPSA) is 63.1 Å². The minimum atomic E-state index is -4.54. The van der Waals surface area contributed by atoms with Crippen LogP contribution in [0.25, 0.3) is 0 Å². The van der Waals surface area contributed by atoms with E-state index < -0.39 is 11.7 Å². The Morgan fingerprint density at radius 3 is 2.88 bits per heavy atom. The van der Waals surface area contributed by atoms with Gasteiger partial charge in [0.2, 0.25) is 0 Å². The van der Waals surface area contributed by atoms with Gasteiger partial charge < -0.3 is 10.2 Å². The first-order chi connectivity index (χ1) is 12.3. The number of aromatic nitrogens is 3. The van der Waals surface area contributed by atoms with Crippen LogP contribution in [0, 0.1) is 0 Å². The van der Waals surface area contributed by atoms with E-state index in [1.54, 1.807) is 21.8 Å². The lowest BCUT2D eigenvalue weighted by Gasteiger charge is -2.34. The predicted molar refractivity (Wildman–Crippen MR) is 90.4 cm³/mol. The number of rotatable bonds is 3. The number of hydrogen-bond donors (Lipinski definition) is 1. The average molecular weight is 388 g/mol. The molecule has 0 bridgehead atoms. The number of carbonyl (C=O) groups is 1. The molecule has 1 fully saturated rings. The Hall–Kier alpha value is -2.29. The standard InChI is InChI=1S/C16H17ClF3N5O/c1-21-15(26)13-4-6-25(23-13)11-3-2-5-24(9-11)14-12(16(18,19)20)7-10(17)8-22-14/h4,6-8,11H,2-3,5,9H2,1H3,(H,21,26). The predicted octanol–water partition coefficient (Wildman–Crippen LogP) is 3.15. The summed E-state index contributed by atoms with van der Waals surface area (Å²) in [6.07, 6.45) is -0.230. The van der Waals surface area contributed by atoms with Crippen LogP contribution in [0.5, 0.6) is 0 Å². The summed E-state index contributed by atoms with van der Waals surface area (Å²) in [6.45, 7) is 0.768. The van der Waals surface area contributed by atoms with E-state index in [-0.39, 0.29) is 28.5 Å². The third-order valence-electron chi connectivity index (χ3n) is 4.28. The number of amides is 1. The van der Waals surface area contributed by atoms with Crippen molar-refractivity contribution in [2.75, 3.05) is 25.0 Å². The number of anilines is 1. The maximum atomic E-state index is 13.3. The SMILES string of the molecule is CNC(=O)c1ccn(C2CCCN(c3ncc(Cl)cc3C(F)(F)F)C2)n1. The highest BCUT2D eigenvalue weighted by molar-refractivity contribution is 6.30. The molecule has 0 saturated carbocycles. The highest BCUT2D eigenvalue weighted by Gasteiger charge is 2.37. The van der Waals surface area contributed by atoms with Crippen molar-refractivity contribution in [3.8, 4) is 0 Å². The lowest BCUT2D eigenvalue weighted by Crippen LogP contribution is -2.38. The van der Waals surface area contributed by atoms with Crippen molar-refractivity contribution in [3.63, 3.8) is 0 Å². The molecule has 3 rings (SSSR count). The van der Waals surface area contributed by atoms with Crippen molar-refractivity contribution in [1.82, 2.24) is 20.1 Å². The Morgan fingerprint density at radius 1 is 1.42 bits per heavy atom. The highest BCUT2D eigenvalue weighted by atomic mass is 35.5. The Labute approximate surface area is 153 Å². The number of piperidine rings is 1. The van der Waals surface area contributed by atoms with Gasteiger partial charge in [-0.1, -0.05) is 11.6 Å². The molecule has 0 aromatic carbocycles. The molecule has 0 radical (unpaired) electrons. The molecule has 2 aromatic rings. The fourth-order valence-corrected chi connectivity index (χ4v) is 3.20. The van der Waals surface area contributed by atoms with Gasteiger partial charge in [0, 0.05) is 32.5 Å². The first kappa shape index (κ1) is 18.5. The van der Waals surface area contributed by atoms with Crippen LogP contribution < -0.4 is 10.2 Å². The largest absolute Gasteiger partial charge is 0.420 e. The van der Waals surface area contributed by atoms with Gasteiger partial charge in [0.1, 0.15) is 11.5 Å². The summed E-state index contributed by atoms with van der Waals surface area (Å²) in [5.74, 6) is -0.444. The lowest BCUT2D eigenvalue weighted by molar-refractivity contribution is -0.137. The van der Waals surface area contributed by atoms with Crippen LogP contribution in [0.4, 0.5) is 19.0 Å². The number of carbonyl (C=O) groups excluding carboxylic acids is 1. The van der Waals surface area contributed by atoms with Crippen LogP contribution in [0.3, 0.4) is 0 Å². The van der Waals surface area contributed by atoms with Gasteiger partial charge in [-0.15, -0.1) is 0 Å². The quantitative estimate of drug-likeness (QED) is 0.878. The zero-order valence-electron chi connectivity index (χ0n) is 13.9. The molecule has 1 amide bonds. The smallest absolute Gasteiger partial charge is 0.354 e. The van der Waals surface area contributed by atoms with Gasteiger partial charge in [-0.05, 0) is 25.0 Å². The minimum absolute atomic E-state index is 0.0584. The van der Waals surface area contributed by atoms with Gasteiger partial charge in [-0.2, -0.15) is 18.3 Å². The van der Waals surface area contributed by atoms with E-state index in [9.17, 15) is 18.0 Å². The third-order valence-corrected chi connectivity index (χ3v) is 4.48. The lowest BCUT2D eigenvalue weighted by atomic mass is 10.1. The Kier molecular flexibility index (Phi) is 5.08. The number of nitrogens with one attached hydrogen (secondary N) is 1. The van der Waals surface area contributed by atoms with Crippen LogP contribution in [0.1, 0.15) is 34.9 Å². The van der Waals surface area contributed by atoms with Crippen LogP contribution in [-0.2, 0) is 6.18 Å². The second-order valence-corrected chi connectivity index (χ2v) is 6.46. The van der Waals surface area contributed by atoms with Crippen molar-refractivity contribution in [2.45, 2.75) is 25.1 Å². The second-order valence-electron chi connectivity index (χ2n) is 6.02. The maximum absolute atomic E-state index is 13.3. The van der Waals surface area contributed by atoms with Crippen LogP contribution in [0.2, 0.25) is 5.02 Å². The first-order valence-electron chi connectivity index (χ1n) is 8.04. The second kappa shape index (κ2) is 7.14. The van der Waals surface area contributed by atoms with E-state index in [2.05, 4.69) is 15.4 Å². The summed E-state index contributed by atoms with van der Waals surface area (Å²) in [7, 11) is 1.51. The molecule has 0 aliphatic carbocycles. The summed E-state index contributed by atoms with van der Waals surface area (Å²) >= 11 is 5.70. The Bertz CT molecular complexity index is 807. The Balaban J connectivity index is 1.85. The first-order valence-corrected chi connectivity index (χ1v) is 8.42. The summed E-state index contributed by atoms with van der Waals surface area (Å²) in [5, 5.41) is 6.66. The van der Waals surface area contributed by atoms with E-state index in [1.165, 1.54) is 13.2 Å². The summed E-state index contributed by atoms with van der Waals surface area (Å²) in [4.78, 5) is 17.2. The van der Waals surface area contributed by atoms with Crippen molar-refractivity contribution in [1.29, 1.82) is 0 Å². The molecule has 1 atom stereocenters. The van der Waals surface area contributed by atoms with Crippen molar-refractivity contribution >= 4 is 23.3 Å². The molecule has 1 saturated heterocycles. The van der Waals surface area contributed by atoms with E-state index in [1.807, 2.05) is 0 Å². The average Bonchev–Trinajstić information content (AvgIpc) is 3.10. The zero-order valence-corrected chi connectivity index (χ0v) is 14.7. The zero-order chi connectivity index (χ0) is 18.9. The van der Waals surface area contributed by atoms with Crippen molar-refractivity contribution in [2.24, 2.45) is 0 Å². The number of halogens is 4. The van der Waals surface area contributed by atoms with Gasteiger partial charge >= 0.3 is 6.18 Å². The van der Waals surface area contributed by atoms with Gasteiger partial charge in [-0.25, -0.2) is 4.98 Å². The molecule has 26 heavy (non-hydrogen) atoms. The van der Waals surface area contributed by atoms with Gasteiger partial charge in [-0.3, -0.25) is 9.48 Å². The van der Waals surface area contributed by atoms with E-state index in [0.717, 1.165) is 12.5 Å². The summed E-state index contributed by atoms with van der Waals surface area (Å²) in [6, 6.07) is 2.32. The molecule has 3 heterocycles. The normalized spacial score (nSPS) is 18.0. The molecule has 1 aliphatic rings. The van der Waals surface area contributed by atoms with Crippen LogP contribution in [-0.4, -0.2) is 40.8 Å². The monoisotopic (exact) mass is 387 g/mol. The minimum Gasteiger partial charge on any atom is -0.354 e. The molecule has 10 heteroatoms. The van der Waals surface area contributed by atoms with Gasteiger partial charge in [0.15, 0.2) is 0 Å². The van der Waals surface area contributed by atoms with Gasteiger partial charge in [0.25, 0.3) is 5.91 Å². The van der Waals surface area contributed by atoms with Crippen molar-refractivity contribution in [3.05, 3.63) is 40.8 Å². The Morgan fingerprint density at radius 2 is 2.19 bits per heavy atom. The number of pyridine rings is 1. The summed E-state index contributed by atoms with van der Waals surface area (Å²) in [5.41, 5.74) is -0.581.